The van der Waals surface area contributed by atoms with E-state index in [1.807, 2.05) is 24.3 Å². The van der Waals surface area contributed by atoms with Crippen LogP contribution in [0.25, 0.3) is 11.0 Å². The van der Waals surface area contributed by atoms with Gasteiger partial charge in [-0.3, -0.25) is 0 Å². The summed E-state index contributed by atoms with van der Waals surface area (Å²) in [5.74, 6) is 0.954. The minimum absolute atomic E-state index is 0.0899. The molecule has 0 saturated carbocycles. The Bertz CT molecular complexity index is 991. The molecule has 0 aliphatic rings. The molecule has 0 bridgehead atoms. The molecule has 0 aliphatic heterocycles. The molecule has 31 heavy (non-hydrogen) atoms. The molecule has 2 rings (SSSR count). The Hall–Kier alpha value is -2.95. The van der Waals surface area contributed by atoms with Crippen molar-refractivity contribution in [1.29, 1.82) is 0 Å². The zero-order valence-electron chi connectivity index (χ0n) is 19.3. The van der Waals surface area contributed by atoms with Crippen LogP contribution in [-0.4, -0.2) is 20.3 Å². The summed E-state index contributed by atoms with van der Waals surface area (Å²) in [7, 11) is 1.52. The molecule has 1 aromatic carbocycles. The van der Waals surface area contributed by atoms with E-state index in [4.69, 9.17) is 18.6 Å². The van der Waals surface area contributed by atoms with Crippen LogP contribution >= 0.6 is 0 Å². The average Bonchev–Trinajstić information content (AvgIpc) is 2.73. The van der Waals surface area contributed by atoms with E-state index in [-0.39, 0.29) is 5.75 Å². The lowest BCUT2D eigenvalue weighted by molar-refractivity contribution is 0.284. The molecule has 0 spiro atoms. The molecule has 5 nitrogen and oxygen atoms in total. The first kappa shape index (κ1) is 24.3. The predicted molar refractivity (Wildman–Crippen MR) is 126 cm³/mol. The van der Waals surface area contributed by atoms with Crippen LogP contribution in [0.1, 0.15) is 53.4 Å². The van der Waals surface area contributed by atoms with Crippen molar-refractivity contribution in [3.63, 3.8) is 0 Å². The Balaban J connectivity index is 2.18. The van der Waals surface area contributed by atoms with Gasteiger partial charge in [0, 0.05) is 0 Å². The number of methoxy groups -OCH3 is 1. The van der Waals surface area contributed by atoms with E-state index >= 15 is 0 Å². The smallest absolute Gasteiger partial charge is 0.383 e. The predicted octanol–water partition coefficient (Wildman–Crippen LogP) is 6.61. The minimum Gasteiger partial charge on any atom is -0.492 e. The molecule has 0 radical (unpaired) electrons. The van der Waals surface area contributed by atoms with Crippen LogP contribution in [0.15, 0.2) is 62.9 Å². The van der Waals surface area contributed by atoms with E-state index in [0.717, 1.165) is 19.3 Å². The summed E-state index contributed by atoms with van der Waals surface area (Å²) < 4.78 is 22.7. The van der Waals surface area contributed by atoms with Gasteiger partial charge in [-0.25, -0.2) is 4.79 Å². The molecular formula is C26H34O5. The van der Waals surface area contributed by atoms with Crippen molar-refractivity contribution in [2.24, 2.45) is 0 Å². The van der Waals surface area contributed by atoms with Crippen molar-refractivity contribution in [3.05, 3.63) is 64.1 Å². The Labute approximate surface area is 185 Å². The summed E-state index contributed by atoms with van der Waals surface area (Å²) in [5.41, 5.74) is 2.36. The molecule has 0 N–H and O–H groups in total. The highest BCUT2D eigenvalue weighted by atomic mass is 16.5. The van der Waals surface area contributed by atoms with Crippen LogP contribution < -0.4 is 19.8 Å². The van der Waals surface area contributed by atoms with Crippen molar-refractivity contribution in [3.8, 4) is 17.2 Å². The molecule has 168 valence electrons. The summed E-state index contributed by atoms with van der Waals surface area (Å²) in [5, 5.41) is 0.642. The fourth-order valence-electron chi connectivity index (χ4n) is 3.07. The summed E-state index contributed by atoms with van der Waals surface area (Å²) >= 11 is 0. The van der Waals surface area contributed by atoms with Crippen LogP contribution in [0.5, 0.6) is 17.2 Å². The molecule has 0 atom stereocenters. The minimum atomic E-state index is -0.576. The lowest BCUT2D eigenvalue weighted by atomic mass is 10.1. The zero-order chi connectivity index (χ0) is 22.6. The fraction of sp³-hybridized carbons (Fsp3) is 0.423. The van der Waals surface area contributed by atoms with Gasteiger partial charge in [-0.05, 0) is 64.7 Å². The molecule has 1 heterocycles. The van der Waals surface area contributed by atoms with Gasteiger partial charge in [0.2, 0.25) is 5.75 Å². The maximum Gasteiger partial charge on any atom is 0.383 e. The van der Waals surface area contributed by atoms with E-state index in [1.165, 1.54) is 18.3 Å². The van der Waals surface area contributed by atoms with Gasteiger partial charge in [0.15, 0.2) is 17.1 Å². The number of rotatable bonds is 12. The lowest BCUT2D eigenvalue weighted by Gasteiger charge is -2.13. The Morgan fingerprint density at radius 3 is 2.55 bits per heavy atom. The molecule has 0 saturated heterocycles. The Kier molecular flexibility index (Phi) is 9.95. The van der Waals surface area contributed by atoms with Crippen LogP contribution in [0.2, 0.25) is 0 Å². The van der Waals surface area contributed by atoms with Crippen molar-refractivity contribution >= 4 is 11.0 Å². The molecule has 0 aliphatic carbocycles. The Morgan fingerprint density at radius 2 is 1.84 bits per heavy atom. The number of hydrogen-bond acceptors (Lipinski definition) is 5. The molecular weight excluding hydrogens is 392 g/mol. The number of benzene rings is 1. The first-order valence-electron chi connectivity index (χ1n) is 10.8. The molecule has 2 aromatic rings. The number of ether oxygens (including phenoxy) is 3. The first-order valence-corrected chi connectivity index (χ1v) is 10.8. The van der Waals surface area contributed by atoms with Gasteiger partial charge in [0.25, 0.3) is 0 Å². The summed E-state index contributed by atoms with van der Waals surface area (Å²) in [6.07, 6.45) is 12.0. The van der Waals surface area contributed by atoms with Gasteiger partial charge in [-0.2, -0.15) is 0 Å². The number of hydrogen-bond donors (Lipinski definition) is 0. The molecule has 1 aromatic heterocycles. The maximum absolute atomic E-state index is 12.6. The van der Waals surface area contributed by atoms with Crippen LogP contribution in [0.4, 0.5) is 0 Å². The standard InChI is InChI=1S/C26H34O5/c1-6-7-8-9-17-30-25-24(28-5)21-14-11-15-22(23(21)31-26(25)27)29-18-16-20(4)13-10-12-19(2)3/h7-8,11-12,14-16H,6,9-10,13,17-18H2,1-5H3/b8-7?,20-16+. The first-order chi connectivity index (χ1) is 15.0. The van der Waals surface area contributed by atoms with Crippen LogP contribution in [0, 0.1) is 0 Å². The van der Waals surface area contributed by atoms with E-state index < -0.39 is 5.63 Å². The second-order valence-electron chi connectivity index (χ2n) is 7.58. The largest absolute Gasteiger partial charge is 0.492 e. The van der Waals surface area contributed by atoms with Gasteiger partial charge in [0.1, 0.15) is 6.61 Å². The van der Waals surface area contributed by atoms with Gasteiger partial charge in [-0.1, -0.05) is 42.4 Å². The third-order valence-corrected chi connectivity index (χ3v) is 4.71. The van der Waals surface area contributed by atoms with Crippen molar-refractivity contribution in [2.75, 3.05) is 20.3 Å². The van der Waals surface area contributed by atoms with Gasteiger partial charge in [-0.15, -0.1) is 0 Å². The topological polar surface area (TPSA) is 57.9 Å². The van der Waals surface area contributed by atoms with E-state index in [9.17, 15) is 4.79 Å². The summed E-state index contributed by atoms with van der Waals surface area (Å²) in [6.45, 7) is 9.13. The molecule has 0 fully saturated rings. The SMILES string of the molecule is CCC=CCCOc1c(OC)c2cccc(OC/C=C(\C)CCC=C(C)C)c2oc1=O. The van der Waals surface area contributed by atoms with Gasteiger partial charge >= 0.3 is 5.63 Å². The van der Waals surface area contributed by atoms with Crippen molar-refractivity contribution < 1.29 is 18.6 Å². The zero-order valence-corrected chi connectivity index (χ0v) is 19.3. The fourth-order valence-corrected chi connectivity index (χ4v) is 3.07. The highest BCUT2D eigenvalue weighted by Gasteiger charge is 2.19. The number of allylic oxidation sites excluding steroid dienone is 4. The Morgan fingerprint density at radius 1 is 1.03 bits per heavy atom. The van der Waals surface area contributed by atoms with Crippen LogP contribution in [-0.2, 0) is 0 Å². The second kappa shape index (κ2) is 12.7. The summed E-state index contributed by atoms with van der Waals surface area (Å²) in [4.78, 5) is 12.6. The normalized spacial score (nSPS) is 11.7. The average molecular weight is 427 g/mol. The molecule has 0 amide bonds. The maximum atomic E-state index is 12.6. The van der Waals surface area contributed by atoms with E-state index in [2.05, 4.69) is 39.8 Å². The monoisotopic (exact) mass is 426 g/mol. The quantitative estimate of drug-likeness (QED) is 0.217. The van der Waals surface area contributed by atoms with E-state index in [0.29, 0.717) is 42.1 Å². The van der Waals surface area contributed by atoms with Crippen molar-refractivity contribution in [1.82, 2.24) is 0 Å². The lowest BCUT2D eigenvalue weighted by Crippen LogP contribution is -2.10. The second-order valence-corrected chi connectivity index (χ2v) is 7.58. The molecule has 0 unspecified atom stereocenters. The van der Waals surface area contributed by atoms with Crippen molar-refractivity contribution in [2.45, 2.75) is 53.4 Å². The van der Waals surface area contributed by atoms with Gasteiger partial charge in [0.05, 0.1) is 19.1 Å². The highest BCUT2D eigenvalue weighted by molar-refractivity contribution is 5.89. The third-order valence-electron chi connectivity index (χ3n) is 4.71. The third kappa shape index (κ3) is 7.35. The number of para-hydroxylation sites is 1. The molecule has 5 heteroatoms. The highest BCUT2D eigenvalue weighted by Crippen LogP contribution is 2.36. The number of fused-ring (bicyclic) bond motifs is 1. The van der Waals surface area contributed by atoms with Crippen LogP contribution in [0.3, 0.4) is 0 Å². The van der Waals surface area contributed by atoms with E-state index in [1.54, 1.807) is 6.07 Å². The summed E-state index contributed by atoms with van der Waals surface area (Å²) in [6, 6.07) is 5.46. The van der Waals surface area contributed by atoms with Gasteiger partial charge < -0.3 is 18.6 Å².